The zero-order chi connectivity index (χ0) is 28.1. The first-order chi connectivity index (χ1) is 18.7. The van der Waals surface area contributed by atoms with Gasteiger partial charge in [0.15, 0.2) is 0 Å². The van der Waals surface area contributed by atoms with Crippen molar-refractivity contribution in [2.45, 2.75) is 32.1 Å². The van der Waals surface area contributed by atoms with Gasteiger partial charge in [-0.15, -0.1) is 0 Å². The summed E-state index contributed by atoms with van der Waals surface area (Å²) in [6, 6.07) is 16.1. The minimum absolute atomic E-state index is 0.148. The number of urea groups is 1. The SMILES string of the molecule is C=CC(=O)Nc1ccc(C(=O)NC2NNC3=C2CN(C(=O)N[C@H](CN(C)C)c2ccccc2)[C@@H]3C(C)C)cc1. The fourth-order valence-electron chi connectivity index (χ4n) is 4.99. The van der Waals surface area contributed by atoms with Crippen molar-refractivity contribution >= 4 is 23.5 Å². The maximum absolute atomic E-state index is 13.6. The Labute approximate surface area is 229 Å². The van der Waals surface area contributed by atoms with E-state index in [0.717, 1.165) is 16.8 Å². The number of carbonyl (C=O) groups is 3. The van der Waals surface area contributed by atoms with E-state index in [4.69, 9.17) is 0 Å². The molecule has 0 saturated carbocycles. The molecule has 0 spiro atoms. The second kappa shape index (κ2) is 12.1. The molecule has 39 heavy (non-hydrogen) atoms. The Kier molecular flexibility index (Phi) is 8.68. The Morgan fingerprint density at radius 1 is 1.10 bits per heavy atom. The number of benzene rings is 2. The monoisotopic (exact) mass is 531 g/mol. The molecule has 2 heterocycles. The van der Waals surface area contributed by atoms with Crippen LogP contribution in [-0.4, -0.2) is 67.0 Å². The molecule has 1 unspecified atom stereocenters. The van der Waals surface area contributed by atoms with Crippen LogP contribution in [0.15, 0.2) is 78.5 Å². The summed E-state index contributed by atoms with van der Waals surface area (Å²) in [4.78, 5) is 42.0. The van der Waals surface area contributed by atoms with E-state index in [2.05, 4.69) is 52.1 Å². The zero-order valence-corrected chi connectivity index (χ0v) is 22.8. The Morgan fingerprint density at radius 3 is 2.41 bits per heavy atom. The summed E-state index contributed by atoms with van der Waals surface area (Å²) >= 11 is 0. The van der Waals surface area contributed by atoms with Crippen LogP contribution in [0.4, 0.5) is 10.5 Å². The van der Waals surface area contributed by atoms with Crippen LogP contribution in [0.1, 0.15) is 35.8 Å². The molecule has 0 saturated heterocycles. The highest BCUT2D eigenvalue weighted by molar-refractivity contribution is 5.99. The van der Waals surface area contributed by atoms with Crippen molar-refractivity contribution in [3.8, 4) is 0 Å². The first kappa shape index (κ1) is 27.9. The Hall–Kier alpha value is -4.15. The smallest absolute Gasteiger partial charge is 0.318 e. The van der Waals surface area contributed by atoms with Crippen LogP contribution < -0.4 is 26.8 Å². The van der Waals surface area contributed by atoms with Gasteiger partial charge in [-0.3, -0.25) is 9.59 Å². The molecule has 0 fully saturated rings. The van der Waals surface area contributed by atoms with Crippen molar-refractivity contribution in [2.75, 3.05) is 32.5 Å². The molecule has 2 aromatic rings. The number of carbonyl (C=O) groups excluding carboxylic acids is 3. The molecule has 10 nitrogen and oxygen atoms in total. The summed E-state index contributed by atoms with van der Waals surface area (Å²) in [5.41, 5.74) is 10.3. The highest BCUT2D eigenvalue weighted by Gasteiger charge is 2.44. The maximum Gasteiger partial charge on any atom is 0.318 e. The second-order valence-corrected chi connectivity index (χ2v) is 10.4. The van der Waals surface area contributed by atoms with E-state index in [1.165, 1.54) is 6.08 Å². The van der Waals surface area contributed by atoms with Gasteiger partial charge in [-0.05, 0) is 55.9 Å². The van der Waals surface area contributed by atoms with E-state index in [9.17, 15) is 14.4 Å². The fourth-order valence-corrected chi connectivity index (χ4v) is 4.99. The van der Waals surface area contributed by atoms with E-state index in [1.807, 2.05) is 49.3 Å². The van der Waals surface area contributed by atoms with Crippen LogP contribution in [-0.2, 0) is 4.79 Å². The molecule has 2 aliphatic rings. The highest BCUT2D eigenvalue weighted by atomic mass is 16.2. The lowest BCUT2D eigenvalue weighted by Gasteiger charge is -2.33. The van der Waals surface area contributed by atoms with Crippen LogP contribution in [0.3, 0.4) is 0 Å². The van der Waals surface area contributed by atoms with Gasteiger partial charge in [0, 0.05) is 29.9 Å². The summed E-state index contributed by atoms with van der Waals surface area (Å²) in [5, 5.41) is 8.90. The van der Waals surface area contributed by atoms with E-state index < -0.39 is 6.17 Å². The highest BCUT2D eigenvalue weighted by Crippen LogP contribution is 2.32. The number of hydrazine groups is 1. The molecule has 3 atom stereocenters. The van der Waals surface area contributed by atoms with Gasteiger partial charge >= 0.3 is 6.03 Å². The van der Waals surface area contributed by atoms with E-state index >= 15 is 0 Å². The third kappa shape index (κ3) is 6.47. The maximum atomic E-state index is 13.6. The molecule has 206 valence electrons. The predicted molar refractivity (Wildman–Crippen MR) is 151 cm³/mol. The van der Waals surface area contributed by atoms with Crippen molar-refractivity contribution < 1.29 is 14.4 Å². The number of nitrogens with one attached hydrogen (secondary N) is 5. The van der Waals surface area contributed by atoms with E-state index in [0.29, 0.717) is 24.3 Å². The molecule has 0 aromatic heterocycles. The lowest BCUT2D eigenvalue weighted by Crippen LogP contribution is -2.54. The number of hydrogen-bond donors (Lipinski definition) is 5. The van der Waals surface area contributed by atoms with Crippen molar-refractivity contribution in [2.24, 2.45) is 5.92 Å². The molecular formula is C29H37N7O3. The summed E-state index contributed by atoms with van der Waals surface area (Å²) in [7, 11) is 3.97. The zero-order valence-electron chi connectivity index (χ0n) is 22.8. The van der Waals surface area contributed by atoms with Crippen LogP contribution in [0.5, 0.6) is 0 Å². The van der Waals surface area contributed by atoms with Gasteiger partial charge in [0.25, 0.3) is 5.91 Å². The van der Waals surface area contributed by atoms with Crippen molar-refractivity contribution in [1.82, 2.24) is 31.3 Å². The van der Waals surface area contributed by atoms with Crippen molar-refractivity contribution in [1.29, 1.82) is 0 Å². The van der Waals surface area contributed by atoms with Gasteiger partial charge in [-0.25, -0.2) is 10.2 Å². The first-order valence-corrected chi connectivity index (χ1v) is 13.0. The van der Waals surface area contributed by atoms with E-state index in [1.54, 1.807) is 24.3 Å². The quantitative estimate of drug-likeness (QED) is 0.318. The van der Waals surface area contributed by atoms with Crippen molar-refractivity contribution in [3.63, 3.8) is 0 Å². The van der Waals surface area contributed by atoms with Gasteiger partial charge in [0.2, 0.25) is 5.91 Å². The second-order valence-electron chi connectivity index (χ2n) is 10.4. The number of amides is 4. The minimum Gasteiger partial charge on any atom is -0.331 e. The standard InChI is InChI=1S/C29H37N7O3/c1-6-24(37)30-21-14-12-20(13-15-21)28(38)32-27-22-16-36(26(18(2)3)25(22)33-34-27)29(39)31-23(17-35(4)5)19-10-8-7-9-11-19/h6-15,18,23,26-27,33-34H,1,16-17H2,2-5H3,(H,30,37)(H,31,39)(H,32,38)/t23-,26-,27?/m1/s1. The van der Waals surface area contributed by atoms with Gasteiger partial charge in [-0.2, -0.15) is 0 Å². The number of nitrogens with zero attached hydrogens (tertiary/aromatic N) is 2. The summed E-state index contributed by atoms with van der Waals surface area (Å²) in [5.74, 6) is -0.447. The van der Waals surface area contributed by atoms with Crippen molar-refractivity contribution in [3.05, 3.63) is 89.6 Å². The minimum atomic E-state index is -0.474. The van der Waals surface area contributed by atoms with Gasteiger partial charge in [0.05, 0.1) is 17.8 Å². The summed E-state index contributed by atoms with van der Waals surface area (Å²) in [6.07, 6.45) is 0.711. The third-order valence-corrected chi connectivity index (χ3v) is 6.83. The van der Waals surface area contributed by atoms with Crippen LogP contribution in [0.2, 0.25) is 0 Å². The van der Waals surface area contributed by atoms with Crippen LogP contribution in [0.25, 0.3) is 0 Å². The Balaban J connectivity index is 1.46. The molecule has 0 bridgehead atoms. The molecular weight excluding hydrogens is 494 g/mol. The average molecular weight is 532 g/mol. The van der Waals surface area contributed by atoms with Gasteiger partial charge < -0.3 is 31.2 Å². The lowest BCUT2D eigenvalue weighted by molar-refractivity contribution is -0.111. The predicted octanol–water partition coefficient (Wildman–Crippen LogP) is 2.58. The topological polar surface area (TPSA) is 118 Å². The summed E-state index contributed by atoms with van der Waals surface area (Å²) < 4.78 is 0. The summed E-state index contributed by atoms with van der Waals surface area (Å²) in [6.45, 7) is 8.64. The number of hydrogen-bond acceptors (Lipinski definition) is 6. The molecule has 2 aliphatic heterocycles. The average Bonchev–Trinajstić information content (AvgIpc) is 3.48. The first-order valence-electron chi connectivity index (χ1n) is 13.0. The third-order valence-electron chi connectivity index (χ3n) is 6.83. The molecule has 0 aliphatic carbocycles. The number of likely N-dealkylation sites (N-methyl/N-ethyl adjacent to an activating group) is 1. The molecule has 5 N–H and O–H groups in total. The Morgan fingerprint density at radius 2 is 1.79 bits per heavy atom. The molecule has 2 aromatic carbocycles. The number of anilines is 1. The van der Waals surface area contributed by atoms with Crippen LogP contribution >= 0.6 is 0 Å². The fraction of sp³-hybridized carbons (Fsp3) is 0.345. The van der Waals surface area contributed by atoms with Gasteiger partial charge in [0.1, 0.15) is 6.17 Å². The largest absolute Gasteiger partial charge is 0.331 e. The normalized spacial score (nSPS) is 19.0. The van der Waals surface area contributed by atoms with Crippen LogP contribution in [0, 0.1) is 5.92 Å². The molecule has 4 amide bonds. The lowest BCUT2D eigenvalue weighted by atomic mass is 10.0. The van der Waals surface area contributed by atoms with E-state index in [-0.39, 0.29) is 35.8 Å². The molecule has 4 rings (SSSR count). The molecule has 0 radical (unpaired) electrons. The van der Waals surface area contributed by atoms with Gasteiger partial charge in [-0.1, -0.05) is 50.8 Å². The Bertz CT molecular complexity index is 1240. The molecule has 10 heteroatoms. The number of rotatable bonds is 9.